The van der Waals surface area contributed by atoms with E-state index in [2.05, 4.69) is 9.97 Å². The summed E-state index contributed by atoms with van der Waals surface area (Å²) in [4.78, 5) is 28.1. The molecule has 9 nitrogen and oxygen atoms in total. The van der Waals surface area contributed by atoms with Crippen molar-refractivity contribution in [2.75, 3.05) is 7.05 Å². The molecule has 0 saturated heterocycles. The number of nitrogens with zero attached hydrogens (tertiary/aromatic N) is 6. The van der Waals surface area contributed by atoms with Gasteiger partial charge in [-0.25, -0.2) is 28.2 Å². The summed E-state index contributed by atoms with van der Waals surface area (Å²) in [6.07, 6.45) is 4.11. The van der Waals surface area contributed by atoms with Crippen LogP contribution in [-0.4, -0.2) is 55.0 Å². The summed E-state index contributed by atoms with van der Waals surface area (Å²) in [5, 5.41) is 4.69. The second-order valence-electron chi connectivity index (χ2n) is 10.4. The molecule has 0 spiro atoms. The smallest absolute Gasteiger partial charge is 0.387 e. The van der Waals surface area contributed by atoms with E-state index < -0.39 is 36.8 Å². The van der Waals surface area contributed by atoms with Gasteiger partial charge in [0.2, 0.25) is 0 Å². The summed E-state index contributed by atoms with van der Waals surface area (Å²) in [7, 11) is 1.67. The molecule has 200 valence electrons. The first-order valence-corrected chi connectivity index (χ1v) is 12.3. The number of aromatic nitrogens is 5. The summed E-state index contributed by atoms with van der Waals surface area (Å²) in [5.74, 6) is -3.49. The number of amides is 1. The predicted molar refractivity (Wildman–Crippen MR) is 128 cm³/mol. The van der Waals surface area contributed by atoms with Crippen LogP contribution in [-0.2, 0) is 5.54 Å². The van der Waals surface area contributed by atoms with Crippen molar-refractivity contribution in [3.63, 3.8) is 0 Å². The summed E-state index contributed by atoms with van der Waals surface area (Å²) < 4.78 is 59.9. The Labute approximate surface area is 218 Å². The maximum atomic E-state index is 13.4. The zero-order chi connectivity index (χ0) is 27.3. The predicted octanol–water partition coefficient (Wildman–Crippen LogP) is 4.03. The van der Waals surface area contributed by atoms with Gasteiger partial charge in [0, 0.05) is 66.7 Å². The third-order valence-corrected chi connectivity index (χ3v) is 7.86. The Morgan fingerprint density at radius 3 is 2.56 bits per heavy atom. The molecule has 4 heterocycles. The summed E-state index contributed by atoms with van der Waals surface area (Å²) in [6.45, 7) is -3.06. The monoisotopic (exact) mass is 539 g/mol. The van der Waals surface area contributed by atoms with Crippen molar-refractivity contribution in [2.45, 2.75) is 49.3 Å². The third-order valence-electron chi connectivity index (χ3n) is 7.86. The summed E-state index contributed by atoms with van der Waals surface area (Å²) >= 11 is 0. The molecule has 2 atom stereocenters. The van der Waals surface area contributed by atoms with Gasteiger partial charge in [0.05, 0.1) is 23.0 Å². The third kappa shape index (κ3) is 3.52. The maximum absolute atomic E-state index is 13.4. The number of fused-ring (bicyclic) bond motifs is 9. The number of hydrogen-bond acceptors (Lipinski definition) is 7. The Morgan fingerprint density at radius 1 is 1.13 bits per heavy atom. The van der Waals surface area contributed by atoms with Crippen LogP contribution in [0.4, 0.5) is 17.6 Å². The topological polar surface area (TPSA) is 112 Å². The van der Waals surface area contributed by atoms with E-state index in [-0.39, 0.29) is 23.5 Å². The van der Waals surface area contributed by atoms with E-state index in [9.17, 15) is 22.4 Å². The number of rotatable bonds is 4. The van der Waals surface area contributed by atoms with Crippen LogP contribution in [0.3, 0.4) is 0 Å². The fraction of sp³-hybridized carbons (Fsp3) is 0.346. The number of hydrogen-bond donors (Lipinski definition) is 1. The maximum Gasteiger partial charge on any atom is 0.387 e. The molecule has 2 unspecified atom stereocenters. The molecule has 1 aromatic carbocycles. The van der Waals surface area contributed by atoms with Gasteiger partial charge in [-0.1, -0.05) is 6.07 Å². The van der Waals surface area contributed by atoms with Crippen molar-refractivity contribution in [3.8, 4) is 17.0 Å². The van der Waals surface area contributed by atoms with Crippen LogP contribution in [0.5, 0.6) is 5.75 Å². The number of carbonyl (C=O) groups excluding carboxylic acids is 1. The highest BCUT2D eigenvalue weighted by molar-refractivity contribution is 5.98. The SMILES string of the molecule is CN1C(=O)c2cccc(OC(F)F)c2C2CC1c1nn3ccc(-c4cnc(C5(N)CC(F)(F)C5)nc4)nc3c12. The van der Waals surface area contributed by atoms with Crippen LogP contribution < -0.4 is 10.5 Å². The van der Waals surface area contributed by atoms with Gasteiger partial charge in [-0.2, -0.15) is 13.9 Å². The highest BCUT2D eigenvalue weighted by Gasteiger charge is 2.57. The molecule has 1 aliphatic heterocycles. The van der Waals surface area contributed by atoms with Crippen LogP contribution in [0, 0.1) is 0 Å². The first kappa shape index (κ1) is 23.9. The number of carbonyl (C=O) groups is 1. The van der Waals surface area contributed by atoms with Crippen molar-refractivity contribution in [2.24, 2.45) is 5.73 Å². The van der Waals surface area contributed by atoms with E-state index in [4.69, 9.17) is 20.6 Å². The first-order chi connectivity index (χ1) is 18.5. The van der Waals surface area contributed by atoms with Crippen LogP contribution in [0.15, 0.2) is 42.9 Å². The normalized spacial score (nSPS) is 22.4. The molecule has 2 N–H and O–H groups in total. The second-order valence-corrected chi connectivity index (χ2v) is 10.4. The van der Waals surface area contributed by atoms with E-state index in [1.165, 1.54) is 24.5 Å². The number of benzene rings is 1. The lowest BCUT2D eigenvalue weighted by atomic mass is 9.73. The minimum atomic E-state index is -3.06. The number of alkyl halides is 4. The largest absolute Gasteiger partial charge is 0.434 e. The minimum Gasteiger partial charge on any atom is -0.434 e. The average Bonchev–Trinajstić information content (AvgIpc) is 3.40. The summed E-state index contributed by atoms with van der Waals surface area (Å²) in [5.41, 5.74) is 8.37. The standard InChI is InChI=1S/C26H21F4N7O2/c1-36-16-7-14(18-13(22(36)38)3-2-4-17(18)39-24(27)28)19-20(16)35-37-6-5-15(34-21(19)37)12-8-32-23(33-9-12)25(31)10-26(29,30)11-25/h2-6,8-9,14,16,24H,7,10-11,31H2,1H3. The Hall–Kier alpha value is -4.13. The van der Waals surface area contributed by atoms with E-state index in [1.807, 2.05) is 0 Å². The molecule has 3 aliphatic rings. The fourth-order valence-corrected chi connectivity index (χ4v) is 6.13. The van der Waals surface area contributed by atoms with Crippen molar-refractivity contribution in [1.29, 1.82) is 0 Å². The molecule has 4 aromatic rings. The van der Waals surface area contributed by atoms with Crippen LogP contribution in [0.25, 0.3) is 16.9 Å². The van der Waals surface area contributed by atoms with E-state index in [0.717, 1.165) is 5.56 Å². The molecule has 7 rings (SSSR count). The van der Waals surface area contributed by atoms with Gasteiger partial charge in [-0.15, -0.1) is 0 Å². The molecule has 1 amide bonds. The molecule has 2 aliphatic carbocycles. The van der Waals surface area contributed by atoms with Gasteiger partial charge in [-0.3, -0.25) is 4.79 Å². The Morgan fingerprint density at radius 2 is 1.87 bits per heavy atom. The van der Waals surface area contributed by atoms with Crippen LogP contribution in [0.1, 0.15) is 64.2 Å². The molecule has 0 radical (unpaired) electrons. The van der Waals surface area contributed by atoms with Crippen molar-refractivity contribution in [3.05, 3.63) is 71.1 Å². The quantitative estimate of drug-likeness (QED) is 0.390. The van der Waals surface area contributed by atoms with Gasteiger partial charge in [0.1, 0.15) is 11.6 Å². The molecular formula is C26H21F4N7O2. The second kappa shape index (κ2) is 7.94. The zero-order valence-electron chi connectivity index (χ0n) is 20.5. The fourth-order valence-electron chi connectivity index (χ4n) is 6.13. The number of halogens is 4. The number of ether oxygens (including phenoxy) is 1. The first-order valence-electron chi connectivity index (χ1n) is 12.3. The lowest BCUT2D eigenvalue weighted by Gasteiger charge is -2.42. The average molecular weight is 539 g/mol. The Balaban J connectivity index is 1.33. The van der Waals surface area contributed by atoms with Gasteiger partial charge < -0.3 is 15.4 Å². The zero-order valence-corrected chi connectivity index (χ0v) is 20.5. The lowest BCUT2D eigenvalue weighted by molar-refractivity contribution is -0.127. The highest BCUT2D eigenvalue weighted by Crippen LogP contribution is 2.53. The van der Waals surface area contributed by atoms with Crippen LogP contribution in [0.2, 0.25) is 0 Å². The van der Waals surface area contributed by atoms with E-state index in [1.54, 1.807) is 34.8 Å². The van der Waals surface area contributed by atoms with Gasteiger partial charge in [-0.05, 0) is 24.6 Å². The Bertz CT molecular complexity index is 1650. The summed E-state index contributed by atoms with van der Waals surface area (Å²) in [6, 6.07) is 5.90. The van der Waals surface area contributed by atoms with Crippen molar-refractivity contribution < 1.29 is 27.1 Å². The van der Waals surface area contributed by atoms with E-state index in [0.29, 0.717) is 40.1 Å². The molecular weight excluding hydrogens is 518 g/mol. The highest BCUT2D eigenvalue weighted by atomic mass is 19.3. The lowest BCUT2D eigenvalue weighted by Crippen LogP contribution is -2.56. The molecule has 2 bridgehead atoms. The molecule has 39 heavy (non-hydrogen) atoms. The van der Waals surface area contributed by atoms with E-state index >= 15 is 0 Å². The van der Waals surface area contributed by atoms with Gasteiger partial charge in [0.25, 0.3) is 11.8 Å². The Kier molecular flexibility index (Phi) is 4.88. The molecule has 13 heteroatoms. The van der Waals surface area contributed by atoms with Crippen molar-refractivity contribution in [1.82, 2.24) is 29.5 Å². The van der Waals surface area contributed by atoms with Crippen molar-refractivity contribution >= 4 is 11.6 Å². The molecule has 1 fully saturated rings. The minimum absolute atomic E-state index is 0.0560. The van der Waals surface area contributed by atoms with Crippen LogP contribution >= 0.6 is 0 Å². The molecule has 1 saturated carbocycles. The van der Waals surface area contributed by atoms with Gasteiger partial charge >= 0.3 is 6.61 Å². The number of nitrogens with two attached hydrogens (primary N) is 1. The molecule has 3 aromatic heterocycles. The van der Waals surface area contributed by atoms with Gasteiger partial charge in [0.15, 0.2) is 5.65 Å².